The molecule has 0 atom stereocenters. The highest BCUT2D eigenvalue weighted by atomic mass is 35.5. The maximum absolute atomic E-state index is 11.7. The fraction of sp³-hybridized carbons (Fsp3) is 0.0769. The van der Waals surface area contributed by atoms with Gasteiger partial charge in [-0.3, -0.25) is 9.78 Å². The molecule has 0 bridgehead atoms. The Morgan fingerprint density at radius 3 is 2.53 bits per heavy atom. The summed E-state index contributed by atoms with van der Waals surface area (Å²) in [4.78, 5) is 15.6. The van der Waals surface area contributed by atoms with Gasteiger partial charge in [0.2, 0.25) is 0 Å². The van der Waals surface area contributed by atoms with E-state index in [-0.39, 0.29) is 18.3 Å². The molecule has 2 aromatic rings. The van der Waals surface area contributed by atoms with Crippen molar-refractivity contribution in [3.8, 4) is 0 Å². The van der Waals surface area contributed by atoms with Crippen LogP contribution in [0.2, 0.25) is 0 Å². The van der Waals surface area contributed by atoms with Gasteiger partial charge in [0, 0.05) is 18.9 Å². The first-order chi connectivity index (χ1) is 7.86. The van der Waals surface area contributed by atoms with E-state index in [1.165, 1.54) is 0 Å². The van der Waals surface area contributed by atoms with E-state index in [9.17, 15) is 4.79 Å². The molecule has 4 heteroatoms. The highest BCUT2D eigenvalue weighted by molar-refractivity contribution is 5.93. The number of carbonyl (C=O) groups is 1. The highest BCUT2D eigenvalue weighted by Gasteiger charge is 2.03. The predicted molar refractivity (Wildman–Crippen MR) is 69.1 cm³/mol. The van der Waals surface area contributed by atoms with Gasteiger partial charge >= 0.3 is 0 Å². The number of aromatic nitrogens is 1. The summed E-state index contributed by atoms with van der Waals surface area (Å²) in [6.07, 6.45) is 3.20. The fourth-order valence-corrected chi connectivity index (χ4v) is 1.38. The topological polar surface area (TPSA) is 42.0 Å². The van der Waals surface area contributed by atoms with Gasteiger partial charge in [0.05, 0.1) is 5.56 Å². The van der Waals surface area contributed by atoms with Crippen molar-refractivity contribution < 1.29 is 4.79 Å². The number of nitrogens with zero attached hydrogens (tertiary/aromatic N) is 1. The van der Waals surface area contributed by atoms with Crippen molar-refractivity contribution in [2.45, 2.75) is 6.54 Å². The van der Waals surface area contributed by atoms with Crippen LogP contribution in [0.1, 0.15) is 15.9 Å². The lowest BCUT2D eigenvalue weighted by Gasteiger charge is -2.04. The second kappa shape index (κ2) is 6.66. The molecule has 0 unspecified atom stereocenters. The molecule has 1 aromatic carbocycles. The molecule has 1 heterocycles. The Hall–Kier alpha value is -1.87. The van der Waals surface area contributed by atoms with Crippen molar-refractivity contribution in [3.05, 3.63) is 66.0 Å². The summed E-state index contributed by atoms with van der Waals surface area (Å²) in [6, 6.07) is 13.3. The third kappa shape index (κ3) is 3.89. The Kier molecular flexibility index (Phi) is 5.17. The third-order valence-corrected chi connectivity index (χ3v) is 2.22. The van der Waals surface area contributed by atoms with Crippen LogP contribution in [0, 0.1) is 0 Å². The molecule has 0 fully saturated rings. The minimum absolute atomic E-state index is 0. The molecule has 17 heavy (non-hydrogen) atoms. The normalized spacial score (nSPS) is 9.18. The smallest absolute Gasteiger partial charge is 0.253 e. The largest absolute Gasteiger partial charge is 0.348 e. The maximum atomic E-state index is 11.7. The molecule has 0 saturated carbocycles. The van der Waals surface area contributed by atoms with Crippen LogP contribution in [0.15, 0.2) is 54.9 Å². The Bertz CT molecular complexity index is 459. The second-order valence-corrected chi connectivity index (χ2v) is 3.41. The van der Waals surface area contributed by atoms with Crippen LogP contribution < -0.4 is 5.32 Å². The summed E-state index contributed by atoms with van der Waals surface area (Å²) in [7, 11) is 0. The van der Waals surface area contributed by atoms with Crippen LogP contribution in [0.4, 0.5) is 0 Å². The molecule has 1 N–H and O–H groups in total. The lowest BCUT2D eigenvalue weighted by atomic mass is 10.2. The molecular weight excluding hydrogens is 236 g/mol. The number of amides is 1. The summed E-state index contributed by atoms with van der Waals surface area (Å²) in [5.74, 6) is -0.100. The average molecular weight is 249 g/mol. The number of pyridine rings is 1. The standard InChI is InChI=1S/C13H12N2O.ClH/c16-13(12-7-4-8-14-10-12)15-9-11-5-2-1-3-6-11;/h1-8,10H,9H2,(H,15,16);1H. The lowest BCUT2D eigenvalue weighted by Crippen LogP contribution is -2.22. The van der Waals surface area contributed by atoms with Crippen molar-refractivity contribution in [1.82, 2.24) is 10.3 Å². The van der Waals surface area contributed by atoms with Crippen LogP contribution in [0.25, 0.3) is 0 Å². The molecule has 0 spiro atoms. The monoisotopic (exact) mass is 248 g/mol. The minimum Gasteiger partial charge on any atom is -0.348 e. The summed E-state index contributed by atoms with van der Waals surface area (Å²) >= 11 is 0. The molecule has 0 aliphatic rings. The zero-order valence-corrected chi connectivity index (χ0v) is 9.98. The van der Waals surface area contributed by atoms with E-state index in [1.807, 2.05) is 30.3 Å². The van der Waals surface area contributed by atoms with Crippen molar-refractivity contribution >= 4 is 18.3 Å². The first-order valence-corrected chi connectivity index (χ1v) is 5.08. The van der Waals surface area contributed by atoms with Crippen molar-refractivity contribution in [3.63, 3.8) is 0 Å². The molecule has 1 amide bonds. The van der Waals surface area contributed by atoms with E-state index in [1.54, 1.807) is 24.5 Å². The van der Waals surface area contributed by atoms with Crippen molar-refractivity contribution in [2.24, 2.45) is 0 Å². The van der Waals surface area contributed by atoms with E-state index in [0.717, 1.165) is 5.56 Å². The number of rotatable bonds is 3. The number of hydrogen-bond acceptors (Lipinski definition) is 2. The Morgan fingerprint density at radius 2 is 1.88 bits per heavy atom. The van der Waals surface area contributed by atoms with Crippen LogP contribution >= 0.6 is 12.4 Å². The molecule has 3 nitrogen and oxygen atoms in total. The zero-order valence-electron chi connectivity index (χ0n) is 9.17. The van der Waals surface area contributed by atoms with E-state index in [0.29, 0.717) is 12.1 Å². The first kappa shape index (κ1) is 13.2. The maximum Gasteiger partial charge on any atom is 0.253 e. The molecule has 0 radical (unpaired) electrons. The SMILES string of the molecule is Cl.O=C(NCc1ccccc1)c1cccnc1. The zero-order chi connectivity index (χ0) is 11.2. The van der Waals surface area contributed by atoms with Gasteiger partial charge in [0.25, 0.3) is 5.91 Å². The highest BCUT2D eigenvalue weighted by Crippen LogP contribution is 1.99. The fourth-order valence-electron chi connectivity index (χ4n) is 1.38. The van der Waals surface area contributed by atoms with Crippen LogP contribution in [0.5, 0.6) is 0 Å². The number of carbonyl (C=O) groups excluding carboxylic acids is 1. The van der Waals surface area contributed by atoms with Crippen LogP contribution in [-0.2, 0) is 6.54 Å². The number of nitrogens with one attached hydrogen (secondary N) is 1. The molecule has 2 rings (SSSR count). The molecule has 88 valence electrons. The van der Waals surface area contributed by atoms with E-state index < -0.39 is 0 Å². The summed E-state index contributed by atoms with van der Waals surface area (Å²) in [6.45, 7) is 0.536. The molecule has 0 saturated heterocycles. The number of benzene rings is 1. The Labute approximate surface area is 106 Å². The first-order valence-electron chi connectivity index (χ1n) is 5.08. The third-order valence-electron chi connectivity index (χ3n) is 2.22. The Balaban J connectivity index is 0.00000144. The molecular formula is C13H13ClN2O. The van der Waals surface area contributed by atoms with Gasteiger partial charge in [0.15, 0.2) is 0 Å². The van der Waals surface area contributed by atoms with Crippen LogP contribution in [-0.4, -0.2) is 10.9 Å². The molecule has 1 aromatic heterocycles. The van der Waals surface area contributed by atoms with Crippen molar-refractivity contribution in [2.75, 3.05) is 0 Å². The molecule has 0 aliphatic heterocycles. The van der Waals surface area contributed by atoms with Gasteiger partial charge in [-0.2, -0.15) is 0 Å². The van der Waals surface area contributed by atoms with Gasteiger partial charge in [-0.25, -0.2) is 0 Å². The van der Waals surface area contributed by atoms with Crippen molar-refractivity contribution in [1.29, 1.82) is 0 Å². The van der Waals surface area contributed by atoms with E-state index in [2.05, 4.69) is 10.3 Å². The summed E-state index contributed by atoms with van der Waals surface area (Å²) < 4.78 is 0. The minimum atomic E-state index is -0.100. The number of hydrogen-bond donors (Lipinski definition) is 1. The van der Waals surface area contributed by atoms with Gasteiger partial charge in [-0.05, 0) is 17.7 Å². The van der Waals surface area contributed by atoms with E-state index in [4.69, 9.17) is 0 Å². The van der Waals surface area contributed by atoms with Gasteiger partial charge < -0.3 is 5.32 Å². The summed E-state index contributed by atoms with van der Waals surface area (Å²) in [5.41, 5.74) is 1.66. The van der Waals surface area contributed by atoms with Gasteiger partial charge in [0.1, 0.15) is 0 Å². The van der Waals surface area contributed by atoms with E-state index >= 15 is 0 Å². The van der Waals surface area contributed by atoms with Crippen LogP contribution in [0.3, 0.4) is 0 Å². The van der Waals surface area contributed by atoms with Gasteiger partial charge in [-0.1, -0.05) is 30.3 Å². The quantitative estimate of drug-likeness (QED) is 0.907. The number of halogens is 1. The lowest BCUT2D eigenvalue weighted by molar-refractivity contribution is 0.0950. The van der Waals surface area contributed by atoms with Gasteiger partial charge in [-0.15, -0.1) is 12.4 Å². The molecule has 0 aliphatic carbocycles. The predicted octanol–water partition coefficient (Wildman–Crippen LogP) is 2.43. The summed E-state index contributed by atoms with van der Waals surface area (Å²) in [5, 5.41) is 2.84. The second-order valence-electron chi connectivity index (χ2n) is 3.41. The average Bonchev–Trinajstić information content (AvgIpc) is 2.38. The Morgan fingerprint density at radius 1 is 1.12 bits per heavy atom.